The second-order valence-electron chi connectivity index (χ2n) is 5.69. The molecule has 106 valence electrons. The normalized spacial score (nSPS) is 18.8. The van der Waals surface area contributed by atoms with E-state index >= 15 is 0 Å². The summed E-state index contributed by atoms with van der Waals surface area (Å²) in [6, 6.07) is 0. The van der Waals surface area contributed by atoms with Gasteiger partial charge in [0.1, 0.15) is 11.2 Å². The number of aromatic nitrogens is 6. The Balaban J connectivity index is 2.09. The number of fused-ring (bicyclic) bond motifs is 8. The van der Waals surface area contributed by atoms with Crippen molar-refractivity contribution in [2.45, 2.75) is 26.2 Å². The van der Waals surface area contributed by atoms with Crippen molar-refractivity contribution in [1.82, 2.24) is 29.2 Å². The third-order valence-corrected chi connectivity index (χ3v) is 5.83. The van der Waals surface area contributed by atoms with E-state index in [-0.39, 0.29) is 0 Å². The second-order valence-corrected chi connectivity index (χ2v) is 7.16. The van der Waals surface area contributed by atoms with Gasteiger partial charge in [-0.2, -0.15) is 9.61 Å². The Kier molecular flexibility index (Phi) is 2.19. The third-order valence-electron chi connectivity index (χ3n) is 4.31. The van der Waals surface area contributed by atoms with Crippen molar-refractivity contribution in [1.29, 1.82) is 0 Å². The Morgan fingerprint density at radius 3 is 3.29 bits per heavy atom. The lowest BCUT2D eigenvalue weighted by Crippen LogP contribution is -2.08. The Morgan fingerprint density at radius 1 is 1.48 bits per heavy atom. The van der Waals surface area contributed by atoms with E-state index in [1.165, 1.54) is 22.2 Å². The Morgan fingerprint density at radius 2 is 2.38 bits per heavy atom. The van der Waals surface area contributed by atoms with Crippen molar-refractivity contribution in [2.75, 3.05) is 0 Å². The molecule has 0 fully saturated rings. The van der Waals surface area contributed by atoms with Gasteiger partial charge < -0.3 is 0 Å². The predicted molar refractivity (Wildman–Crippen MR) is 83.5 cm³/mol. The summed E-state index contributed by atoms with van der Waals surface area (Å²) in [5.74, 6) is 1.44. The fraction of sp³-hybridized carbons (Fsp3) is 0.385. The van der Waals surface area contributed by atoms with Gasteiger partial charge in [-0.15, -0.1) is 16.4 Å². The summed E-state index contributed by atoms with van der Waals surface area (Å²) in [5, 5.41) is 12.7. The number of nitrogens with one attached hydrogen (secondary N) is 1. The predicted octanol–water partition coefficient (Wildman–Crippen LogP) is 2.77. The maximum absolute atomic E-state index is 5.41. The van der Waals surface area contributed by atoms with E-state index in [9.17, 15) is 0 Å². The Labute approximate surface area is 128 Å². The van der Waals surface area contributed by atoms with Crippen molar-refractivity contribution in [3.05, 3.63) is 21.5 Å². The van der Waals surface area contributed by atoms with Gasteiger partial charge in [-0.3, -0.25) is 0 Å². The highest BCUT2D eigenvalue weighted by Gasteiger charge is 2.25. The summed E-state index contributed by atoms with van der Waals surface area (Å²) in [6.07, 6.45) is 5.06. The van der Waals surface area contributed by atoms with Gasteiger partial charge in [-0.25, -0.2) is 14.5 Å². The number of aromatic amines is 1. The van der Waals surface area contributed by atoms with E-state index in [1.54, 1.807) is 10.8 Å². The molecule has 8 heteroatoms. The largest absolute Gasteiger partial charge is 0.257 e. The topological polar surface area (TPSA) is 63.3 Å². The van der Waals surface area contributed by atoms with Crippen LogP contribution in [-0.2, 0) is 12.8 Å². The summed E-state index contributed by atoms with van der Waals surface area (Å²) < 4.78 is 4.37. The van der Waals surface area contributed by atoms with E-state index < -0.39 is 0 Å². The Hall–Kier alpha value is -1.80. The maximum atomic E-state index is 5.41. The van der Waals surface area contributed by atoms with Gasteiger partial charge in [-0.1, -0.05) is 6.92 Å². The van der Waals surface area contributed by atoms with E-state index in [0.29, 0.717) is 10.5 Å². The van der Waals surface area contributed by atoms with Crippen molar-refractivity contribution in [3.63, 3.8) is 0 Å². The summed E-state index contributed by atoms with van der Waals surface area (Å²) in [4.78, 5) is 7.07. The van der Waals surface area contributed by atoms with Crippen LogP contribution in [0.25, 0.3) is 21.6 Å². The van der Waals surface area contributed by atoms with Crippen LogP contribution in [0.15, 0.2) is 6.33 Å². The van der Waals surface area contributed by atoms with E-state index in [2.05, 4.69) is 27.2 Å². The molecule has 1 aliphatic rings. The van der Waals surface area contributed by atoms with Crippen LogP contribution < -0.4 is 0 Å². The molecule has 21 heavy (non-hydrogen) atoms. The third kappa shape index (κ3) is 1.41. The zero-order valence-corrected chi connectivity index (χ0v) is 13.0. The minimum absolute atomic E-state index is 0.610. The SMILES string of the molecule is CC1CCc2c(sc3c2c2ncnn2c2n[nH]c(=S)n32)C1. The minimum Gasteiger partial charge on any atom is -0.249 e. The fourth-order valence-electron chi connectivity index (χ4n) is 3.30. The molecule has 4 aromatic heterocycles. The smallest absolute Gasteiger partial charge is 0.249 e. The number of hydrogen-bond donors (Lipinski definition) is 1. The molecule has 0 saturated heterocycles. The molecule has 0 amide bonds. The lowest BCUT2D eigenvalue weighted by atomic mass is 9.89. The van der Waals surface area contributed by atoms with Crippen LogP contribution in [0.1, 0.15) is 23.8 Å². The average Bonchev–Trinajstić information content (AvgIpc) is 3.13. The van der Waals surface area contributed by atoms with Gasteiger partial charge >= 0.3 is 0 Å². The zero-order valence-electron chi connectivity index (χ0n) is 11.3. The molecule has 5 rings (SSSR count). The number of hydrogen-bond acceptors (Lipinski definition) is 5. The minimum atomic E-state index is 0.610. The molecule has 1 aliphatic carbocycles. The van der Waals surface area contributed by atoms with E-state index in [4.69, 9.17) is 12.2 Å². The second kappa shape index (κ2) is 3.89. The number of H-pyrrole nitrogens is 1. The number of aryl methyl sites for hydroxylation is 1. The molecular formula is C13H12N6S2. The van der Waals surface area contributed by atoms with Crippen molar-refractivity contribution < 1.29 is 0 Å². The van der Waals surface area contributed by atoms with Gasteiger partial charge in [0.25, 0.3) is 5.78 Å². The first-order chi connectivity index (χ1) is 10.2. The molecule has 4 aromatic rings. The molecule has 0 aliphatic heterocycles. The van der Waals surface area contributed by atoms with Crippen molar-refractivity contribution >= 4 is 45.2 Å². The first-order valence-electron chi connectivity index (χ1n) is 6.97. The monoisotopic (exact) mass is 316 g/mol. The maximum Gasteiger partial charge on any atom is 0.257 e. The quantitative estimate of drug-likeness (QED) is 0.507. The standard InChI is InChI=1S/C13H12N6S2/c1-6-2-3-7-8(4-6)21-11-9(7)10-14-5-15-19(10)12-16-17-13(20)18(11)12/h5-6H,2-4H2,1H3,(H,17,20). The molecule has 1 N–H and O–H groups in total. The molecule has 0 saturated carbocycles. The Bertz CT molecular complexity index is 1070. The summed E-state index contributed by atoms with van der Waals surface area (Å²) >= 11 is 7.23. The molecule has 0 aromatic carbocycles. The number of nitrogens with zero attached hydrogens (tertiary/aromatic N) is 5. The fourth-order valence-corrected chi connectivity index (χ4v) is 5.08. The molecular weight excluding hydrogens is 304 g/mol. The zero-order chi connectivity index (χ0) is 14.1. The highest BCUT2D eigenvalue weighted by atomic mass is 32.1. The summed E-state index contributed by atoms with van der Waals surface area (Å²) in [6.45, 7) is 2.32. The van der Waals surface area contributed by atoms with Crippen LogP contribution in [-0.4, -0.2) is 29.2 Å². The average molecular weight is 316 g/mol. The highest BCUT2D eigenvalue weighted by Crippen LogP contribution is 2.39. The van der Waals surface area contributed by atoms with Gasteiger partial charge in [0, 0.05) is 4.88 Å². The van der Waals surface area contributed by atoms with Gasteiger partial charge in [0.2, 0.25) is 4.77 Å². The molecule has 6 nitrogen and oxygen atoms in total. The molecule has 1 atom stereocenters. The number of rotatable bonds is 0. The molecule has 0 radical (unpaired) electrons. The molecule has 0 bridgehead atoms. The number of thiophene rings is 1. The van der Waals surface area contributed by atoms with Crippen molar-refractivity contribution in [3.8, 4) is 0 Å². The van der Waals surface area contributed by atoms with Crippen LogP contribution in [0.3, 0.4) is 0 Å². The van der Waals surface area contributed by atoms with Crippen LogP contribution in [0, 0.1) is 10.7 Å². The van der Waals surface area contributed by atoms with Crippen LogP contribution in [0.4, 0.5) is 0 Å². The first kappa shape index (κ1) is 11.8. The first-order valence-corrected chi connectivity index (χ1v) is 8.19. The van der Waals surface area contributed by atoms with E-state index in [1.807, 2.05) is 15.7 Å². The lowest BCUT2D eigenvalue weighted by molar-refractivity contribution is 0.509. The van der Waals surface area contributed by atoms with Gasteiger partial charge in [0.15, 0.2) is 5.65 Å². The van der Waals surface area contributed by atoms with Crippen molar-refractivity contribution in [2.24, 2.45) is 5.92 Å². The summed E-state index contributed by atoms with van der Waals surface area (Å²) in [5.41, 5.74) is 2.31. The van der Waals surface area contributed by atoms with Gasteiger partial charge in [-0.05, 0) is 43.0 Å². The van der Waals surface area contributed by atoms with Crippen LogP contribution >= 0.6 is 23.6 Å². The molecule has 4 heterocycles. The molecule has 0 spiro atoms. The summed E-state index contributed by atoms with van der Waals surface area (Å²) in [7, 11) is 0. The van der Waals surface area contributed by atoms with Crippen LogP contribution in [0.5, 0.6) is 0 Å². The van der Waals surface area contributed by atoms with Gasteiger partial charge in [0.05, 0.1) is 5.39 Å². The highest BCUT2D eigenvalue weighted by molar-refractivity contribution is 7.71. The van der Waals surface area contributed by atoms with E-state index in [0.717, 1.165) is 29.2 Å². The van der Waals surface area contributed by atoms with Crippen LogP contribution in [0.2, 0.25) is 0 Å². The lowest BCUT2D eigenvalue weighted by Gasteiger charge is -2.17. The molecule has 1 unspecified atom stereocenters.